The molecule has 11 heteroatoms. The highest BCUT2D eigenvalue weighted by Crippen LogP contribution is 2.47. The summed E-state index contributed by atoms with van der Waals surface area (Å²) in [7, 11) is 1.90. The van der Waals surface area contributed by atoms with Crippen molar-refractivity contribution in [2.24, 2.45) is 5.92 Å². The number of nitrogens with one attached hydrogen (secondary N) is 3. The summed E-state index contributed by atoms with van der Waals surface area (Å²) in [6.07, 6.45) is 6.57. The maximum atomic E-state index is 12.8. The molecule has 1 aliphatic carbocycles. The summed E-state index contributed by atoms with van der Waals surface area (Å²) in [5.74, 6) is -0.687. The smallest absolute Gasteiger partial charge is 0.273 e. The van der Waals surface area contributed by atoms with E-state index >= 15 is 0 Å². The largest absolute Gasteiger partial charge is 0.363 e. The Morgan fingerprint density at radius 2 is 1.97 bits per heavy atom. The lowest BCUT2D eigenvalue weighted by atomic mass is 9.94. The lowest BCUT2D eigenvalue weighted by Crippen LogP contribution is -2.29. The zero-order chi connectivity index (χ0) is 26.5. The molecule has 11 nitrogen and oxygen atoms in total. The first-order valence-corrected chi connectivity index (χ1v) is 10.9. The van der Waals surface area contributed by atoms with E-state index in [1.54, 1.807) is 18.6 Å². The van der Waals surface area contributed by atoms with Gasteiger partial charge in [0.25, 0.3) is 5.91 Å². The van der Waals surface area contributed by atoms with Gasteiger partial charge in [0, 0.05) is 54.3 Å². The second-order valence-corrected chi connectivity index (χ2v) is 8.43. The van der Waals surface area contributed by atoms with Gasteiger partial charge >= 0.3 is 0 Å². The van der Waals surface area contributed by atoms with Crippen LogP contribution in [0.25, 0.3) is 11.3 Å². The van der Waals surface area contributed by atoms with Gasteiger partial charge < -0.3 is 20.9 Å². The minimum atomic E-state index is -2.73. The van der Waals surface area contributed by atoms with E-state index in [2.05, 4.69) is 35.8 Å². The number of rotatable bonds is 5. The van der Waals surface area contributed by atoms with Crippen LogP contribution in [-0.2, 0) is 4.79 Å². The Kier molecular flexibility index (Phi) is 4.48. The Labute approximate surface area is 200 Å². The third-order valence-corrected chi connectivity index (χ3v) is 6.11. The number of pyridine rings is 1. The molecule has 1 fully saturated rings. The molecule has 174 valence electrons. The number of fused-ring (bicyclic) bond motifs is 3. The predicted molar refractivity (Wildman–Crippen MR) is 127 cm³/mol. The molecular formula is C23H25N9O2. The summed E-state index contributed by atoms with van der Waals surface area (Å²) in [5, 5.41) is 15.6. The zero-order valence-corrected chi connectivity index (χ0v) is 18.9. The van der Waals surface area contributed by atoms with E-state index in [1.165, 1.54) is 6.07 Å². The fourth-order valence-corrected chi connectivity index (χ4v) is 4.03. The molecule has 34 heavy (non-hydrogen) atoms. The standard InChI is InChI=1S/C23H25N9O2/c1-11-10-27-21(20-16(11)19-17(12(2)32(20)4)25-7-8-26-19)28-14-9-15(29-22(33)13-5-6-13)30-31-18(14)23(34)24-3/h7-10,12-13H,5-6H2,1-4H3,(H,24,34)(H2,27,28,29,30,33)/t12-/m0/s1/i3D3. The average molecular weight is 463 g/mol. The third-order valence-electron chi connectivity index (χ3n) is 6.11. The summed E-state index contributed by atoms with van der Waals surface area (Å²) in [5.41, 5.74) is 3.87. The highest BCUT2D eigenvalue weighted by molar-refractivity contribution is 6.00. The molecule has 3 aromatic heterocycles. The molecule has 0 unspecified atom stereocenters. The summed E-state index contributed by atoms with van der Waals surface area (Å²) >= 11 is 0. The molecule has 0 bridgehead atoms. The van der Waals surface area contributed by atoms with Crippen molar-refractivity contribution in [3.63, 3.8) is 0 Å². The molecular weight excluding hydrogens is 434 g/mol. The molecule has 1 atom stereocenters. The third kappa shape index (κ3) is 3.68. The number of anilines is 4. The number of aryl methyl sites for hydroxylation is 1. The maximum absolute atomic E-state index is 12.8. The van der Waals surface area contributed by atoms with Crippen molar-refractivity contribution in [1.82, 2.24) is 30.5 Å². The fourth-order valence-electron chi connectivity index (χ4n) is 4.03. The van der Waals surface area contributed by atoms with E-state index in [0.717, 1.165) is 41.0 Å². The first-order chi connectivity index (χ1) is 17.5. The second-order valence-electron chi connectivity index (χ2n) is 8.43. The Morgan fingerprint density at radius 3 is 2.74 bits per heavy atom. The Balaban J connectivity index is 1.60. The molecule has 5 rings (SSSR count). The van der Waals surface area contributed by atoms with Crippen LogP contribution in [0.5, 0.6) is 0 Å². The Bertz CT molecular complexity index is 1410. The monoisotopic (exact) mass is 462 g/mol. The minimum absolute atomic E-state index is 0.0705. The minimum Gasteiger partial charge on any atom is -0.363 e. The summed E-state index contributed by atoms with van der Waals surface area (Å²) < 4.78 is 22.2. The van der Waals surface area contributed by atoms with Gasteiger partial charge in [-0.05, 0) is 32.3 Å². The number of carbonyl (C=O) groups is 2. The van der Waals surface area contributed by atoms with Crippen molar-refractivity contribution in [3.05, 3.63) is 41.6 Å². The van der Waals surface area contributed by atoms with Crippen LogP contribution < -0.4 is 20.9 Å². The molecule has 0 radical (unpaired) electrons. The van der Waals surface area contributed by atoms with Crippen molar-refractivity contribution in [2.45, 2.75) is 32.7 Å². The maximum Gasteiger partial charge on any atom is 0.273 e. The van der Waals surface area contributed by atoms with Gasteiger partial charge in [0.2, 0.25) is 5.91 Å². The van der Waals surface area contributed by atoms with Crippen LogP contribution in [0.3, 0.4) is 0 Å². The molecule has 3 N–H and O–H groups in total. The van der Waals surface area contributed by atoms with Gasteiger partial charge in [0.05, 0.1) is 28.8 Å². The van der Waals surface area contributed by atoms with Crippen molar-refractivity contribution >= 4 is 34.8 Å². The number of hydrogen-bond donors (Lipinski definition) is 3. The van der Waals surface area contributed by atoms with Crippen LogP contribution in [0.2, 0.25) is 0 Å². The topological polar surface area (TPSA) is 138 Å². The average Bonchev–Trinajstić information content (AvgIpc) is 3.68. The van der Waals surface area contributed by atoms with Gasteiger partial charge in [-0.1, -0.05) is 0 Å². The first kappa shape index (κ1) is 18.3. The van der Waals surface area contributed by atoms with Gasteiger partial charge in [0.15, 0.2) is 17.3 Å². The number of hydrogen-bond acceptors (Lipinski definition) is 9. The molecule has 0 saturated heterocycles. The Hall–Kier alpha value is -4.15. The van der Waals surface area contributed by atoms with Crippen LogP contribution in [0, 0.1) is 12.8 Å². The van der Waals surface area contributed by atoms with Crippen molar-refractivity contribution < 1.29 is 13.7 Å². The quantitative estimate of drug-likeness (QED) is 0.522. The van der Waals surface area contributed by atoms with Crippen molar-refractivity contribution in [1.29, 1.82) is 0 Å². The summed E-state index contributed by atoms with van der Waals surface area (Å²) in [6.45, 7) is 1.19. The number of nitrogens with zero attached hydrogens (tertiary/aromatic N) is 6. The molecule has 3 aromatic rings. The number of carbonyl (C=O) groups excluding carboxylic acids is 2. The molecule has 0 aromatic carbocycles. The highest BCUT2D eigenvalue weighted by atomic mass is 16.2. The summed E-state index contributed by atoms with van der Waals surface area (Å²) in [4.78, 5) is 40.8. The van der Waals surface area contributed by atoms with E-state index < -0.39 is 12.9 Å². The summed E-state index contributed by atoms with van der Waals surface area (Å²) in [6, 6.07) is 1.32. The molecule has 4 heterocycles. The van der Waals surface area contributed by atoms with E-state index in [-0.39, 0.29) is 35.1 Å². The van der Waals surface area contributed by atoms with Gasteiger partial charge in [-0.15, -0.1) is 10.2 Å². The lowest BCUT2D eigenvalue weighted by molar-refractivity contribution is -0.117. The lowest BCUT2D eigenvalue weighted by Gasteiger charge is -2.35. The van der Waals surface area contributed by atoms with Gasteiger partial charge in [-0.3, -0.25) is 19.6 Å². The molecule has 2 amide bonds. The van der Waals surface area contributed by atoms with E-state index in [1.807, 2.05) is 31.1 Å². The van der Waals surface area contributed by atoms with Gasteiger partial charge in [-0.25, -0.2) is 4.98 Å². The highest BCUT2D eigenvalue weighted by Gasteiger charge is 2.33. The number of amides is 2. The van der Waals surface area contributed by atoms with Crippen LogP contribution in [0.15, 0.2) is 24.7 Å². The van der Waals surface area contributed by atoms with Crippen molar-refractivity contribution in [2.75, 3.05) is 29.6 Å². The van der Waals surface area contributed by atoms with Crippen LogP contribution in [-0.4, -0.2) is 51.0 Å². The zero-order valence-electron chi connectivity index (χ0n) is 21.9. The molecule has 1 saturated carbocycles. The van der Waals surface area contributed by atoms with E-state index in [4.69, 9.17) is 4.11 Å². The van der Waals surface area contributed by atoms with E-state index in [0.29, 0.717) is 5.82 Å². The van der Waals surface area contributed by atoms with Gasteiger partial charge in [-0.2, -0.15) is 0 Å². The van der Waals surface area contributed by atoms with Crippen LogP contribution >= 0.6 is 0 Å². The normalized spacial score (nSPS) is 18.0. The van der Waals surface area contributed by atoms with Crippen LogP contribution in [0.1, 0.15) is 51.7 Å². The molecule has 1 aliphatic heterocycles. The fraction of sp³-hybridized carbons (Fsp3) is 0.348. The first-order valence-electron chi connectivity index (χ1n) is 12.4. The predicted octanol–water partition coefficient (Wildman–Crippen LogP) is 2.60. The molecule has 0 spiro atoms. The van der Waals surface area contributed by atoms with Gasteiger partial charge in [0.1, 0.15) is 0 Å². The van der Waals surface area contributed by atoms with E-state index in [9.17, 15) is 9.59 Å². The van der Waals surface area contributed by atoms with Crippen LogP contribution in [0.4, 0.5) is 23.0 Å². The van der Waals surface area contributed by atoms with Crippen molar-refractivity contribution in [3.8, 4) is 11.3 Å². The number of aromatic nitrogens is 5. The molecule has 2 aliphatic rings. The second kappa shape index (κ2) is 8.32. The SMILES string of the molecule is [2H]C([2H])([2H])NC(=O)c1nnc(NC(=O)C2CC2)cc1Nc1ncc(C)c2c1N(C)[C@@H](C)c1nccnc1-2. The Morgan fingerprint density at radius 1 is 1.18 bits per heavy atom.